The van der Waals surface area contributed by atoms with E-state index in [1.807, 2.05) is 19.2 Å². The van der Waals surface area contributed by atoms with Gasteiger partial charge >= 0.3 is 0 Å². The molecule has 0 bridgehead atoms. The van der Waals surface area contributed by atoms with Gasteiger partial charge in [-0.3, -0.25) is 0 Å². The van der Waals surface area contributed by atoms with Gasteiger partial charge in [0.2, 0.25) is 0 Å². The number of aromatic amines is 1. The molecule has 3 heterocycles. The lowest BCUT2D eigenvalue weighted by Crippen LogP contribution is -2.02. The van der Waals surface area contributed by atoms with E-state index in [9.17, 15) is 0 Å². The number of aryl methyl sites for hydroxylation is 1. The van der Waals surface area contributed by atoms with E-state index >= 15 is 0 Å². The summed E-state index contributed by atoms with van der Waals surface area (Å²) in [6.07, 6.45) is 3.61. The van der Waals surface area contributed by atoms with E-state index in [1.54, 1.807) is 10.9 Å². The van der Waals surface area contributed by atoms with Crippen LogP contribution in [0.1, 0.15) is 17.1 Å². The average Bonchev–Trinajstić information content (AvgIpc) is 2.95. The first-order valence-corrected chi connectivity index (χ1v) is 5.65. The predicted molar refractivity (Wildman–Crippen MR) is 65.6 cm³/mol. The SMILES string of the molecule is Cc1cnc2nc(Cn3cc(CN)nn3)[nH]c2c1. The number of pyridine rings is 1. The summed E-state index contributed by atoms with van der Waals surface area (Å²) in [5, 5.41) is 7.91. The number of nitrogens with zero attached hydrogens (tertiary/aromatic N) is 5. The molecule has 92 valence electrons. The van der Waals surface area contributed by atoms with Gasteiger partial charge in [-0.2, -0.15) is 0 Å². The van der Waals surface area contributed by atoms with E-state index in [4.69, 9.17) is 5.73 Å². The number of fused-ring (bicyclic) bond motifs is 1. The average molecular weight is 243 g/mol. The maximum atomic E-state index is 5.49. The number of rotatable bonds is 3. The van der Waals surface area contributed by atoms with E-state index < -0.39 is 0 Å². The van der Waals surface area contributed by atoms with Gasteiger partial charge in [0.1, 0.15) is 12.4 Å². The minimum Gasteiger partial charge on any atom is -0.339 e. The smallest absolute Gasteiger partial charge is 0.177 e. The summed E-state index contributed by atoms with van der Waals surface area (Å²) >= 11 is 0. The molecule has 3 rings (SSSR count). The first-order valence-electron chi connectivity index (χ1n) is 5.65. The van der Waals surface area contributed by atoms with Crippen LogP contribution in [-0.2, 0) is 13.1 Å². The third-order valence-electron chi connectivity index (χ3n) is 2.63. The molecule has 0 aliphatic carbocycles. The molecule has 0 aliphatic rings. The Hall–Kier alpha value is -2.28. The molecule has 18 heavy (non-hydrogen) atoms. The van der Waals surface area contributed by atoms with Gasteiger partial charge in [0, 0.05) is 12.7 Å². The molecule has 7 heteroatoms. The lowest BCUT2D eigenvalue weighted by atomic mass is 10.3. The molecule has 0 radical (unpaired) electrons. The Balaban J connectivity index is 1.90. The summed E-state index contributed by atoms with van der Waals surface area (Å²) in [5.41, 5.74) is 9.00. The fourth-order valence-electron chi connectivity index (χ4n) is 1.79. The molecule has 3 N–H and O–H groups in total. The highest BCUT2D eigenvalue weighted by molar-refractivity contribution is 5.70. The van der Waals surface area contributed by atoms with Crippen LogP contribution in [0.25, 0.3) is 11.2 Å². The van der Waals surface area contributed by atoms with Crippen LogP contribution < -0.4 is 5.73 Å². The van der Waals surface area contributed by atoms with Crippen molar-refractivity contribution in [1.29, 1.82) is 0 Å². The van der Waals surface area contributed by atoms with Crippen molar-refractivity contribution >= 4 is 11.2 Å². The standard InChI is InChI=1S/C11H13N7/c1-7-2-9-11(13-4-7)15-10(14-9)6-18-5-8(3-12)16-17-18/h2,4-5H,3,6,12H2,1H3,(H,13,14,15). The van der Waals surface area contributed by atoms with Crippen molar-refractivity contribution in [3.8, 4) is 0 Å². The minimum absolute atomic E-state index is 0.390. The van der Waals surface area contributed by atoms with Crippen molar-refractivity contribution in [2.45, 2.75) is 20.0 Å². The number of aromatic nitrogens is 6. The highest BCUT2D eigenvalue weighted by Crippen LogP contribution is 2.10. The van der Waals surface area contributed by atoms with Gasteiger partial charge in [-0.05, 0) is 18.6 Å². The zero-order valence-corrected chi connectivity index (χ0v) is 9.96. The summed E-state index contributed by atoms with van der Waals surface area (Å²) in [6, 6.07) is 2.02. The second kappa shape index (κ2) is 4.19. The van der Waals surface area contributed by atoms with Gasteiger partial charge in [-0.25, -0.2) is 14.6 Å². The maximum Gasteiger partial charge on any atom is 0.177 e. The normalized spacial score (nSPS) is 11.2. The van der Waals surface area contributed by atoms with E-state index in [1.165, 1.54) is 0 Å². The van der Waals surface area contributed by atoms with Gasteiger partial charge in [-0.15, -0.1) is 5.10 Å². The molecule has 0 saturated carbocycles. The summed E-state index contributed by atoms with van der Waals surface area (Å²) in [4.78, 5) is 11.9. The Bertz CT molecular complexity index is 682. The molecule has 0 spiro atoms. The number of imidazole rings is 1. The fourth-order valence-corrected chi connectivity index (χ4v) is 1.79. The molecule has 0 fully saturated rings. The second-order valence-corrected chi connectivity index (χ2v) is 4.18. The van der Waals surface area contributed by atoms with Crippen LogP contribution in [0.3, 0.4) is 0 Å². The van der Waals surface area contributed by atoms with Crippen molar-refractivity contribution in [3.63, 3.8) is 0 Å². The van der Waals surface area contributed by atoms with E-state index in [0.717, 1.165) is 28.2 Å². The number of hydrogen-bond donors (Lipinski definition) is 2. The molecule has 0 aliphatic heterocycles. The first-order chi connectivity index (χ1) is 8.74. The molecule has 0 saturated heterocycles. The Kier molecular flexibility index (Phi) is 2.52. The molecule has 3 aromatic rings. The van der Waals surface area contributed by atoms with Crippen LogP contribution >= 0.6 is 0 Å². The summed E-state index contributed by atoms with van der Waals surface area (Å²) < 4.78 is 1.70. The Morgan fingerprint density at radius 2 is 2.33 bits per heavy atom. The van der Waals surface area contributed by atoms with Crippen molar-refractivity contribution in [1.82, 2.24) is 29.9 Å². The number of nitrogens with two attached hydrogens (primary N) is 1. The number of nitrogens with one attached hydrogen (secondary N) is 1. The van der Waals surface area contributed by atoms with Gasteiger partial charge in [0.05, 0.1) is 17.4 Å². The zero-order valence-electron chi connectivity index (χ0n) is 9.96. The number of hydrogen-bond acceptors (Lipinski definition) is 5. The summed E-state index contributed by atoms with van der Waals surface area (Å²) in [6.45, 7) is 2.92. The number of H-pyrrole nitrogens is 1. The Labute approximate surface area is 103 Å². The first kappa shape index (κ1) is 10.8. The lowest BCUT2D eigenvalue weighted by molar-refractivity contribution is 0.630. The van der Waals surface area contributed by atoms with Gasteiger partial charge in [-0.1, -0.05) is 5.21 Å². The third kappa shape index (κ3) is 1.95. The summed E-state index contributed by atoms with van der Waals surface area (Å²) in [7, 11) is 0. The quantitative estimate of drug-likeness (QED) is 0.692. The fraction of sp³-hybridized carbons (Fsp3) is 0.273. The highest BCUT2D eigenvalue weighted by Gasteiger charge is 2.06. The monoisotopic (exact) mass is 243 g/mol. The van der Waals surface area contributed by atoms with Crippen LogP contribution in [-0.4, -0.2) is 29.9 Å². The molecule has 0 unspecified atom stereocenters. The van der Waals surface area contributed by atoms with E-state index in [0.29, 0.717) is 13.1 Å². The third-order valence-corrected chi connectivity index (χ3v) is 2.63. The maximum absolute atomic E-state index is 5.49. The summed E-state index contributed by atoms with van der Waals surface area (Å²) in [5.74, 6) is 0.802. The predicted octanol–water partition coefficient (Wildman–Crippen LogP) is 0.365. The lowest BCUT2D eigenvalue weighted by Gasteiger charge is -1.94. The van der Waals surface area contributed by atoms with Crippen LogP contribution in [0, 0.1) is 6.92 Å². The molecular formula is C11H13N7. The van der Waals surface area contributed by atoms with Crippen LogP contribution in [0.5, 0.6) is 0 Å². The van der Waals surface area contributed by atoms with E-state index in [2.05, 4.69) is 25.3 Å². The zero-order chi connectivity index (χ0) is 12.5. The largest absolute Gasteiger partial charge is 0.339 e. The van der Waals surface area contributed by atoms with Gasteiger partial charge in [0.25, 0.3) is 0 Å². The topological polar surface area (TPSA) is 98.3 Å². The molecule has 0 atom stereocenters. The molecule has 3 aromatic heterocycles. The molecule has 0 aromatic carbocycles. The second-order valence-electron chi connectivity index (χ2n) is 4.18. The molecule has 7 nitrogen and oxygen atoms in total. The van der Waals surface area contributed by atoms with Gasteiger partial charge in [0.15, 0.2) is 5.65 Å². The molecular weight excluding hydrogens is 230 g/mol. The van der Waals surface area contributed by atoms with Crippen LogP contribution in [0.2, 0.25) is 0 Å². The Morgan fingerprint density at radius 3 is 3.11 bits per heavy atom. The Morgan fingerprint density at radius 1 is 1.44 bits per heavy atom. The highest BCUT2D eigenvalue weighted by atomic mass is 15.4. The van der Waals surface area contributed by atoms with Crippen LogP contribution in [0.4, 0.5) is 0 Å². The van der Waals surface area contributed by atoms with E-state index in [-0.39, 0.29) is 0 Å². The molecule has 0 amide bonds. The van der Waals surface area contributed by atoms with Crippen LogP contribution in [0.15, 0.2) is 18.5 Å². The van der Waals surface area contributed by atoms with Gasteiger partial charge < -0.3 is 10.7 Å². The van der Waals surface area contributed by atoms with Crippen molar-refractivity contribution in [3.05, 3.63) is 35.5 Å². The minimum atomic E-state index is 0.390. The van der Waals surface area contributed by atoms with Crippen molar-refractivity contribution in [2.24, 2.45) is 5.73 Å². The van der Waals surface area contributed by atoms with Crippen molar-refractivity contribution < 1.29 is 0 Å². The van der Waals surface area contributed by atoms with Crippen molar-refractivity contribution in [2.75, 3.05) is 0 Å².